The molecule has 0 spiro atoms. The van der Waals surface area contributed by atoms with Crippen molar-refractivity contribution in [2.45, 2.75) is 63.1 Å². The molecule has 3 N–H and O–H groups in total. The molecule has 2 amide bonds. The number of carboxylic acid groups (broad SMARTS) is 1. The molecule has 0 radical (unpaired) electrons. The normalized spacial score (nSPS) is 22.5. The molecule has 1 fully saturated rings. The monoisotopic (exact) mass is 634 g/mol. The van der Waals surface area contributed by atoms with E-state index in [0.717, 1.165) is 24.0 Å². The number of rotatable bonds is 9. The lowest BCUT2D eigenvalue weighted by molar-refractivity contribution is -0.139. The third kappa shape index (κ3) is 6.85. The minimum atomic E-state index is -0.888. The van der Waals surface area contributed by atoms with Gasteiger partial charge in [-0.05, 0) is 66.6 Å². The first-order valence-corrected chi connectivity index (χ1v) is 15.7. The Bertz CT molecular complexity index is 1570. The van der Waals surface area contributed by atoms with Crippen molar-refractivity contribution >= 4 is 47.1 Å². The van der Waals surface area contributed by atoms with Crippen molar-refractivity contribution in [2.24, 2.45) is 5.92 Å². The highest BCUT2D eigenvalue weighted by molar-refractivity contribution is 6.35. The predicted octanol–water partition coefficient (Wildman–Crippen LogP) is 6.67. The molecular weight excluding hydrogens is 599 g/mol. The van der Waals surface area contributed by atoms with Crippen LogP contribution in [0.1, 0.15) is 77.2 Å². The lowest BCUT2D eigenvalue weighted by atomic mass is 9.76. The fraction of sp³-hybridized carbons (Fsp3) is 0.343. The molecule has 0 bridgehead atoms. The molecule has 3 aromatic carbocycles. The molecular formula is C35H36Cl2N2O5. The number of hydrogen-bond acceptors (Lipinski definition) is 4. The van der Waals surface area contributed by atoms with Gasteiger partial charge >= 0.3 is 5.97 Å². The van der Waals surface area contributed by atoms with E-state index in [9.17, 15) is 19.5 Å². The summed E-state index contributed by atoms with van der Waals surface area (Å²) >= 11 is 13.0. The maximum Gasteiger partial charge on any atom is 0.310 e. The molecule has 1 aliphatic carbocycles. The smallest absolute Gasteiger partial charge is 0.310 e. The van der Waals surface area contributed by atoms with Crippen molar-refractivity contribution in [1.82, 2.24) is 10.2 Å². The Balaban J connectivity index is 1.45. The third-order valence-corrected chi connectivity index (χ3v) is 9.18. The molecule has 9 heteroatoms. The number of benzene rings is 3. The Morgan fingerprint density at radius 2 is 1.80 bits per heavy atom. The molecule has 1 aliphatic heterocycles. The molecule has 7 nitrogen and oxygen atoms in total. The second kappa shape index (κ2) is 14.0. The van der Waals surface area contributed by atoms with Crippen molar-refractivity contribution in [3.05, 3.63) is 111 Å². The summed E-state index contributed by atoms with van der Waals surface area (Å²) < 4.78 is 0. The van der Waals surface area contributed by atoms with Crippen molar-refractivity contribution in [3.63, 3.8) is 0 Å². The van der Waals surface area contributed by atoms with Gasteiger partial charge in [0.05, 0.1) is 30.0 Å². The molecule has 3 aromatic rings. The molecule has 230 valence electrons. The number of aliphatic hydroxyl groups excluding tert-OH is 1. The van der Waals surface area contributed by atoms with Gasteiger partial charge in [0.2, 0.25) is 5.91 Å². The Hall–Kier alpha value is -3.65. The number of fused-ring (bicyclic) bond motifs is 1. The standard InChI is InChI=1S/C35H36Cl2N2O5/c1-21(35(43)44)13-14-22-7-6-8-23(19-22)17-18-38-33(41)31-25-9-2-3-10-26(25)34(42)39(29-11-4-5-12-30(29)40)32(31)27-16-15-24(36)20-28(27)37/h2-3,6-10,13-16,19-21,29-32,40H,4-5,11-12,17-18H2,1H3,(H,38,41)(H,43,44)/b14-13-/t21-,29?,30?,31?,32?/m1/s1. The predicted molar refractivity (Wildman–Crippen MR) is 172 cm³/mol. The van der Waals surface area contributed by atoms with E-state index in [0.29, 0.717) is 52.5 Å². The summed E-state index contributed by atoms with van der Waals surface area (Å²) in [4.78, 5) is 41.2. The maximum atomic E-state index is 14.2. The van der Waals surface area contributed by atoms with Crippen molar-refractivity contribution in [1.29, 1.82) is 0 Å². The fourth-order valence-corrected chi connectivity index (χ4v) is 6.84. The van der Waals surface area contributed by atoms with E-state index >= 15 is 0 Å². The first-order valence-electron chi connectivity index (χ1n) is 15.0. The highest BCUT2D eigenvalue weighted by atomic mass is 35.5. The SMILES string of the molecule is C[C@H](/C=C\c1cccc(CCNC(=O)C2c3ccccc3C(=O)N(C3CCCCC3O)C2c2ccc(Cl)cc2Cl)c1)C(=O)O. The van der Waals surface area contributed by atoms with Crippen LogP contribution in [-0.2, 0) is 16.0 Å². The quantitative estimate of drug-likeness (QED) is 0.244. The Kier molecular flexibility index (Phi) is 10.1. The Morgan fingerprint density at radius 3 is 2.55 bits per heavy atom. The minimum Gasteiger partial charge on any atom is -0.481 e. The van der Waals surface area contributed by atoms with Crippen LogP contribution in [0.4, 0.5) is 0 Å². The first-order chi connectivity index (χ1) is 21.2. The second-order valence-electron chi connectivity index (χ2n) is 11.6. The van der Waals surface area contributed by atoms with E-state index in [-0.39, 0.29) is 11.8 Å². The van der Waals surface area contributed by atoms with Gasteiger partial charge < -0.3 is 20.4 Å². The summed E-state index contributed by atoms with van der Waals surface area (Å²) in [6.07, 6.45) is 6.21. The van der Waals surface area contributed by atoms with Gasteiger partial charge in [0.1, 0.15) is 0 Å². The molecule has 5 rings (SSSR count). The van der Waals surface area contributed by atoms with Crippen LogP contribution in [0.5, 0.6) is 0 Å². The van der Waals surface area contributed by atoms with Crippen LogP contribution >= 0.6 is 23.2 Å². The highest BCUT2D eigenvalue weighted by Gasteiger charge is 2.48. The van der Waals surface area contributed by atoms with E-state index in [1.165, 1.54) is 0 Å². The molecule has 0 saturated heterocycles. The van der Waals surface area contributed by atoms with E-state index in [1.54, 1.807) is 54.3 Å². The first kappa shape index (κ1) is 31.8. The van der Waals surface area contributed by atoms with Crippen LogP contribution in [0.25, 0.3) is 6.08 Å². The van der Waals surface area contributed by atoms with E-state index in [2.05, 4.69) is 5.32 Å². The molecule has 44 heavy (non-hydrogen) atoms. The molecule has 1 saturated carbocycles. The van der Waals surface area contributed by atoms with Crippen molar-refractivity contribution in [3.8, 4) is 0 Å². The van der Waals surface area contributed by atoms with Gasteiger partial charge in [-0.15, -0.1) is 0 Å². The number of halogens is 2. The van der Waals surface area contributed by atoms with E-state index < -0.39 is 36.0 Å². The van der Waals surface area contributed by atoms with E-state index in [1.807, 2.05) is 36.4 Å². The molecule has 0 aromatic heterocycles. The summed E-state index contributed by atoms with van der Waals surface area (Å²) in [5.74, 6) is -2.74. The zero-order valence-electron chi connectivity index (χ0n) is 24.5. The topological polar surface area (TPSA) is 107 Å². The lowest BCUT2D eigenvalue weighted by Crippen LogP contribution is -2.55. The molecule has 1 heterocycles. The number of nitrogens with one attached hydrogen (secondary N) is 1. The second-order valence-corrected chi connectivity index (χ2v) is 12.4. The number of aliphatic hydroxyl groups is 1. The van der Waals surface area contributed by atoms with E-state index in [4.69, 9.17) is 28.3 Å². The van der Waals surface area contributed by atoms with Crippen LogP contribution < -0.4 is 5.32 Å². The number of hydrogen-bond donors (Lipinski definition) is 3. The summed E-state index contributed by atoms with van der Waals surface area (Å²) in [6, 6.07) is 18.8. The number of aliphatic carboxylic acids is 1. The molecule has 5 atom stereocenters. The maximum absolute atomic E-state index is 14.2. The van der Waals surface area contributed by atoms with Crippen LogP contribution in [0.15, 0.2) is 72.8 Å². The van der Waals surface area contributed by atoms with Crippen molar-refractivity contribution in [2.75, 3.05) is 6.54 Å². The number of amides is 2. The number of carboxylic acids is 1. The average Bonchev–Trinajstić information content (AvgIpc) is 3.00. The number of nitrogens with zero attached hydrogens (tertiary/aromatic N) is 1. The van der Waals surface area contributed by atoms with Gasteiger partial charge in [-0.25, -0.2) is 0 Å². The minimum absolute atomic E-state index is 0.228. The van der Waals surface area contributed by atoms with Crippen LogP contribution in [0.2, 0.25) is 10.0 Å². The largest absolute Gasteiger partial charge is 0.481 e. The zero-order chi connectivity index (χ0) is 31.4. The van der Waals surface area contributed by atoms with Crippen LogP contribution in [0, 0.1) is 5.92 Å². The van der Waals surface area contributed by atoms with Gasteiger partial charge in [0.25, 0.3) is 5.91 Å². The summed E-state index contributed by atoms with van der Waals surface area (Å²) in [6.45, 7) is 1.97. The summed E-state index contributed by atoms with van der Waals surface area (Å²) in [5, 5.41) is 24.1. The number of carbonyl (C=O) groups excluding carboxylic acids is 2. The molecule has 2 aliphatic rings. The van der Waals surface area contributed by atoms with Crippen LogP contribution in [-0.4, -0.2) is 51.6 Å². The fourth-order valence-electron chi connectivity index (χ4n) is 6.32. The lowest BCUT2D eigenvalue weighted by Gasteiger charge is -2.48. The third-order valence-electron chi connectivity index (χ3n) is 8.62. The average molecular weight is 636 g/mol. The van der Waals surface area contributed by atoms with Gasteiger partial charge in [0, 0.05) is 22.2 Å². The summed E-state index contributed by atoms with van der Waals surface area (Å²) in [5.41, 5.74) is 3.53. The van der Waals surface area contributed by atoms with Gasteiger partial charge in [-0.1, -0.05) is 96.7 Å². The van der Waals surface area contributed by atoms with Crippen LogP contribution in [0.3, 0.4) is 0 Å². The van der Waals surface area contributed by atoms with Gasteiger partial charge in [-0.3, -0.25) is 14.4 Å². The highest BCUT2D eigenvalue weighted by Crippen LogP contribution is 2.47. The zero-order valence-corrected chi connectivity index (χ0v) is 26.0. The number of carbonyl (C=O) groups is 3. The van der Waals surface area contributed by atoms with Gasteiger partial charge in [0.15, 0.2) is 0 Å². The molecule has 4 unspecified atom stereocenters. The van der Waals surface area contributed by atoms with Crippen molar-refractivity contribution < 1.29 is 24.6 Å². The van der Waals surface area contributed by atoms with Gasteiger partial charge in [-0.2, -0.15) is 0 Å². The Morgan fingerprint density at radius 1 is 1.02 bits per heavy atom. The Labute approximate surface area is 267 Å². The summed E-state index contributed by atoms with van der Waals surface area (Å²) in [7, 11) is 0.